The molecule has 2 aromatic carbocycles. The molecule has 0 aromatic heterocycles. The largest absolute Gasteiger partial charge is 0.378 e. The molecule has 0 N–H and O–H groups in total. The Balaban J connectivity index is 1.81. The Morgan fingerprint density at radius 3 is 2.68 bits per heavy atom. The second-order valence-corrected chi connectivity index (χ2v) is 5.51. The molecule has 2 heteroatoms. The van der Waals surface area contributed by atoms with Crippen molar-refractivity contribution in [3.8, 4) is 0 Å². The average Bonchev–Trinajstić information content (AvgIpc) is 2.95. The van der Waals surface area contributed by atoms with Crippen LogP contribution in [0.25, 0.3) is 10.8 Å². The van der Waals surface area contributed by atoms with E-state index >= 15 is 0 Å². The highest BCUT2D eigenvalue weighted by Crippen LogP contribution is 2.42. The highest BCUT2D eigenvalue weighted by molar-refractivity contribution is 5.86. The fraction of sp³-hybridized carbons (Fsp3) is 0.412. The van der Waals surface area contributed by atoms with Gasteiger partial charge in [0.05, 0.1) is 12.2 Å². The zero-order chi connectivity index (χ0) is 12.7. The van der Waals surface area contributed by atoms with Gasteiger partial charge in [-0.25, -0.2) is 0 Å². The van der Waals surface area contributed by atoms with Gasteiger partial charge < -0.3 is 9.47 Å². The second-order valence-electron chi connectivity index (χ2n) is 5.51. The summed E-state index contributed by atoms with van der Waals surface area (Å²) in [6, 6.07) is 15.1. The van der Waals surface area contributed by atoms with Gasteiger partial charge in [0.1, 0.15) is 0 Å². The molecule has 2 aliphatic rings. The molecule has 3 atom stereocenters. The van der Waals surface area contributed by atoms with Crippen molar-refractivity contribution in [3.05, 3.63) is 48.0 Å². The smallest absolute Gasteiger partial charge is 0.0884 e. The predicted octanol–water partition coefficient (Wildman–Crippen LogP) is 3.71. The van der Waals surface area contributed by atoms with Crippen molar-refractivity contribution in [1.82, 2.24) is 0 Å². The Labute approximate surface area is 113 Å². The van der Waals surface area contributed by atoms with Crippen molar-refractivity contribution in [2.45, 2.75) is 25.0 Å². The maximum absolute atomic E-state index is 6.11. The van der Waals surface area contributed by atoms with Crippen molar-refractivity contribution in [2.75, 3.05) is 13.2 Å². The molecule has 2 aromatic rings. The maximum Gasteiger partial charge on any atom is 0.0884 e. The van der Waals surface area contributed by atoms with E-state index in [1.165, 1.54) is 16.3 Å². The number of ether oxygens (including phenoxy) is 2. The van der Waals surface area contributed by atoms with Crippen molar-refractivity contribution < 1.29 is 9.47 Å². The lowest BCUT2D eigenvalue weighted by atomic mass is 9.85. The number of hydrogen-bond acceptors (Lipinski definition) is 2. The predicted molar refractivity (Wildman–Crippen MR) is 75.1 cm³/mol. The maximum atomic E-state index is 6.11. The molecule has 0 spiro atoms. The Morgan fingerprint density at radius 1 is 0.842 bits per heavy atom. The SMILES string of the molecule is c1ccc2c([C@@H]3OCC[C@@H]4OCC[C@@H]43)cccc2c1. The van der Waals surface area contributed by atoms with Crippen LogP contribution in [0.1, 0.15) is 24.5 Å². The topological polar surface area (TPSA) is 18.5 Å². The Hall–Kier alpha value is -1.38. The first-order valence-electron chi connectivity index (χ1n) is 7.14. The van der Waals surface area contributed by atoms with Gasteiger partial charge in [-0.3, -0.25) is 0 Å². The zero-order valence-corrected chi connectivity index (χ0v) is 10.9. The zero-order valence-electron chi connectivity index (χ0n) is 10.9. The fourth-order valence-corrected chi connectivity index (χ4v) is 3.56. The average molecular weight is 254 g/mol. The van der Waals surface area contributed by atoms with Crippen LogP contribution in [-0.4, -0.2) is 19.3 Å². The van der Waals surface area contributed by atoms with Crippen LogP contribution < -0.4 is 0 Å². The summed E-state index contributed by atoms with van der Waals surface area (Å²) >= 11 is 0. The molecule has 98 valence electrons. The number of benzene rings is 2. The van der Waals surface area contributed by atoms with Gasteiger partial charge in [0, 0.05) is 19.1 Å². The summed E-state index contributed by atoms with van der Waals surface area (Å²) < 4.78 is 11.9. The molecule has 2 heterocycles. The third-order valence-corrected chi connectivity index (χ3v) is 4.48. The van der Waals surface area contributed by atoms with E-state index in [1.807, 2.05) is 0 Å². The van der Waals surface area contributed by atoms with Crippen LogP contribution in [0.3, 0.4) is 0 Å². The summed E-state index contributed by atoms with van der Waals surface area (Å²) in [5.74, 6) is 0.527. The van der Waals surface area contributed by atoms with Crippen molar-refractivity contribution in [2.24, 2.45) is 5.92 Å². The van der Waals surface area contributed by atoms with Crippen LogP contribution in [0.5, 0.6) is 0 Å². The molecule has 2 aliphatic heterocycles. The molecule has 4 rings (SSSR count). The molecular weight excluding hydrogens is 236 g/mol. The minimum atomic E-state index is 0.201. The van der Waals surface area contributed by atoms with E-state index in [2.05, 4.69) is 42.5 Å². The molecule has 0 unspecified atom stereocenters. The number of fused-ring (bicyclic) bond motifs is 2. The van der Waals surface area contributed by atoms with E-state index in [0.717, 1.165) is 26.1 Å². The monoisotopic (exact) mass is 254 g/mol. The van der Waals surface area contributed by atoms with Gasteiger partial charge >= 0.3 is 0 Å². The van der Waals surface area contributed by atoms with E-state index in [9.17, 15) is 0 Å². The third kappa shape index (κ3) is 1.87. The van der Waals surface area contributed by atoms with Crippen LogP contribution in [-0.2, 0) is 9.47 Å². The molecule has 0 amide bonds. The number of rotatable bonds is 1. The van der Waals surface area contributed by atoms with Crippen molar-refractivity contribution >= 4 is 10.8 Å². The van der Waals surface area contributed by atoms with E-state index < -0.39 is 0 Å². The molecule has 2 fully saturated rings. The Bertz CT molecular complexity index is 587. The molecule has 0 aliphatic carbocycles. The summed E-state index contributed by atoms with van der Waals surface area (Å²) in [5, 5.41) is 2.62. The minimum Gasteiger partial charge on any atom is -0.378 e. The van der Waals surface area contributed by atoms with Crippen molar-refractivity contribution in [3.63, 3.8) is 0 Å². The highest BCUT2D eigenvalue weighted by atomic mass is 16.5. The second kappa shape index (κ2) is 4.62. The summed E-state index contributed by atoms with van der Waals surface area (Å²) in [6.45, 7) is 1.70. The normalized spacial score (nSPS) is 30.4. The van der Waals surface area contributed by atoms with Crippen molar-refractivity contribution in [1.29, 1.82) is 0 Å². The fourth-order valence-electron chi connectivity index (χ4n) is 3.56. The van der Waals surface area contributed by atoms with Gasteiger partial charge in [0.2, 0.25) is 0 Å². The van der Waals surface area contributed by atoms with Gasteiger partial charge in [0.25, 0.3) is 0 Å². The van der Waals surface area contributed by atoms with Gasteiger partial charge in [-0.1, -0.05) is 42.5 Å². The van der Waals surface area contributed by atoms with Gasteiger partial charge in [-0.15, -0.1) is 0 Å². The first-order valence-corrected chi connectivity index (χ1v) is 7.14. The lowest BCUT2D eigenvalue weighted by Gasteiger charge is -2.33. The molecule has 0 radical (unpaired) electrons. The lowest BCUT2D eigenvalue weighted by molar-refractivity contribution is -0.0754. The van der Waals surface area contributed by atoms with Gasteiger partial charge in [0.15, 0.2) is 0 Å². The van der Waals surface area contributed by atoms with Gasteiger partial charge in [-0.05, 0) is 29.2 Å². The summed E-state index contributed by atoms with van der Waals surface area (Å²) in [7, 11) is 0. The highest BCUT2D eigenvalue weighted by Gasteiger charge is 2.39. The third-order valence-electron chi connectivity index (χ3n) is 4.48. The standard InChI is InChI=1S/C17H18O2/c1-2-6-13-12(4-1)5-3-7-14(13)17-15-8-10-18-16(15)9-11-19-17/h1-7,15-17H,8-11H2/t15-,16-,17-/m0/s1. The quantitative estimate of drug-likeness (QED) is 0.772. The summed E-state index contributed by atoms with van der Waals surface area (Å²) in [4.78, 5) is 0. The van der Waals surface area contributed by atoms with Crippen LogP contribution in [0.4, 0.5) is 0 Å². The first-order chi connectivity index (χ1) is 9.43. The Kier molecular flexibility index (Phi) is 2.78. The van der Waals surface area contributed by atoms with Crippen LogP contribution >= 0.6 is 0 Å². The Morgan fingerprint density at radius 2 is 1.68 bits per heavy atom. The van der Waals surface area contributed by atoms with E-state index in [1.54, 1.807) is 0 Å². The molecule has 19 heavy (non-hydrogen) atoms. The van der Waals surface area contributed by atoms with Crippen LogP contribution in [0, 0.1) is 5.92 Å². The molecule has 0 saturated carbocycles. The summed E-state index contributed by atoms with van der Waals surface area (Å²) in [6.07, 6.45) is 2.77. The van der Waals surface area contributed by atoms with E-state index in [-0.39, 0.29) is 6.10 Å². The lowest BCUT2D eigenvalue weighted by Crippen LogP contribution is -2.31. The van der Waals surface area contributed by atoms with Crippen LogP contribution in [0.15, 0.2) is 42.5 Å². The van der Waals surface area contributed by atoms with Gasteiger partial charge in [-0.2, -0.15) is 0 Å². The minimum absolute atomic E-state index is 0.201. The number of hydrogen-bond donors (Lipinski definition) is 0. The van der Waals surface area contributed by atoms with E-state index in [0.29, 0.717) is 12.0 Å². The molecule has 2 saturated heterocycles. The molecular formula is C17H18O2. The molecule has 0 bridgehead atoms. The van der Waals surface area contributed by atoms with Crippen LogP contribution in [0.2, 0.25) is 0 Å². The first kappa shape index (κ1) is 11.4. The molecule has 2 nitrogen and oxygen atoms in total. The summed E-state index contributed by atoms with van der Waals surface area (Å²) in [5.41, 5.74) is 1.33. The van der Waals surface area contributed by atoms with E-state index in [4.69, 9.17) is 9.47 Å².